The summed E-state index contributed by atoms with van der Waals surface area (Å²) in [6.45, 7) is 4.32. The second-order valence-corrected chi connectivity index (χ2v) is 3.49. The zero-order valence-corrected chi connectivity index (χ0v) is 8.75. The molecule has 1 heterocycles. The Bertz CT molecular complexity index is 446. The molecule has 1 nitrogen and oxygen atoms in total. The normalized spacial score (nSPS) is 10.7. The Balaban J connectivity index is 2.67. The summed E-state index contributed by atoms with van der Waals surface area (Å²) in [5.74, 6) is 0. The van der Waals surface area contributed by atoms with E-state index in [1.54, 1.807) is 0 Å². The van der Waals surface area contributed by atoms with E-state index in [2.05, 4.69) is 49.2 Å². The van der Waals surface area contributed by atoms with Crippen LogP contribution in [0.2, 0.25) is 0 Å². The molecule has 0 atom stereocenters. The zero-order valence-electron chi connectivity index (χ0n) is 8.75. The number of aryl methyl sites for hydroxylation is 2. The Hall–Kier alpha value is -1.37. The Morgan fingerprint density at radius 2 is 1.86 bits per heavy atom. The molecule has 0 bridgehead atoms. The quantitative estimate of drug-likeness (QED) is 0.699. The molecule has 1 heteroatoms. The SMILES string of the molecule is CCc1ccc2c(CC)cccc2n1. The zero-order chi connectivity index (χ0) is 9.97. The molecule has 0 radical (unpaired) electrons. The molecule has 0 N–H and O–H groups in total. The lowest BCUT2D eigenvalue weighted by Gasteiger charge is -2.04. The first-order valence-electron chi connectivity index (χ1n) is 5.22. The van der Waals surface area contributed by atoms with Crippen LogP contribution in [0.15, 0.2) is 30.3 Å². The van der Waals surface area contributed by atoms with Crippen molar-refractivity contribution in [1.82, 2.24) is 4.98 Å². The first kappa shape index (κ1) is 9.20. The minimum atomic E-state index is 1.01. The topological polar surface area (TPSA) is 12.9 Å². The van der Waals surface area contributed by atoms with Crippen LogP contribution in [-0.2, 0) is 12.8 Å². The maximum atomic E-state index is 4.60. The van der Waals surface area contributed by atoms with Gasteiger partial charge in [-0.2, -0.15) is 0 Å². The van der Waals surface area contributed by atoms with Gasteiger partial charge in [0.25, 0.3) is 0 Å². The maximum Gasteiger partial charge on any atom is 0.0708 e. The molecule has 2 aromatic rings. The van der Waals surface area contributed by atoms with Crippen LogP contribution in [-0.4, -0.2) is 4.98 Å². The van der Waals surface area contributed by atoms with Gasteiger partial charge in [-0.3, -0.25) is 4.98 Å². The van der Waals surface area contributed by atoms with Crippen molar-refractivity contribution in [3.63, 3.8) is 0 Å². The lowest BCUT2D eigenvalue weighted by atomic mass is 10.1. The Morgan fingerprint density at radius 3 is 2.57 bits per heavy atom. The number of rotatable bonds is 2. The summed E-state index contributed by atoms with van der Waals surface area (Å²) < 4.78 is 0. The van der Waals surface area contributed by atoms with Gasteiger partial charge < -0.3 is 0 Å². The Labute approximate surface area is 84.8 Å². The van der Waals surface area contributed by atoms with Gasteiger partial charge >= 0.3 is 0 Å². The van der Waals surface area contributed by atoms with Gasteiger partial charge in [0, 0.05) is 11.1 Å². The van der Waals surface area contributed by atoms with Crippen LogP contribution in [0.1, 0.15) is 25.1 Å². The van der Waals surface area contributed by atoms with Gasteiger partial charge in [-0.15, -0.1) is 0 Å². The molecule has 0 aliphatic carbocycles. The van der Waals surface area contributed by atoms with E-state index in [0.29, 0.717) is 0 Å². The number of benzene rings is 1. The third-order valence-corrected chi connectivity index (χ3v) is 2.62. The number of hydrogen-bond acceptors (Lipinski definition) is 1. The highest BCUT2D eigenvalue weighted by Gasteiger charge is 2.00. The molecular formula is C13H15N. The number of hydrogen-bond donors (Lipinski definition) is 0. The van der Waals surface area contributed by atoms with Crippen molar-refractivity contribution in [2.75, 3.05) is 0 Å². The van der Waals surface area contributed by atoms with Crippen LogP contribution in [0.3, 0.4) is 0 Å². The highest BCUT2D eigenvalue weighted by molar-refractivity contribution is 5.82. The van der Waals surface area contributed by atoms with E-state index in [9.17, 15) is 0 Å². The summed E-state index contributed by atoms with van der Waals surface area (Å²) in [6, 6.07) is 10.7. The lowest BCUT2D eigenvalue weighted by Crippen LogP contribution is -1.90. The van der Waals surface area contributed by atoms with E-state index in [1.807, 2.05) is 0 Å². The summed E-state index contributed by atoms with van der Waals surface area (Å²) >= 11 is 0. The molecule has 2 rings (SSSR count). The minimum absolute atomic E-state index is 1.01. The summed E-state index contributed by atoms with van der Waals surface area (Å²) in [7, 11) is 0. The van der Waals surface area contributed by atoms with E-state index in [1.165, 1.54) is 16.6 Å². The summed E-state index contributed by atoms with van der Waals surface area (Å²) in [6.07, 6.45) is 2.08. The van der Waals surface area contributed by atoms with Crippen LogP contribution in [0, 0.1) is 0 Å². The number of aromatic nitrogens is 1. The largest absolute Gasteiger partial charge is 0.253 e. The molecule has 14 heavy (non-hydrogen) atoms. The van der Waals surface area contributed by atoms with E-state index in [0.717, 1.165) is 18.4 Å². The van der Waals surface area contributed by atoms with Gasteiger partial charge in [0.05, 0.1) is 5.52 Å². The second-order valence-electron chi connectivity index (χ2n) is 3.49. The molecule has 1 aromatic carbocycles. The van der Waals surface area contributed by atoms with Crippen LogP contribution >= 0.6 is 0 Å². The number of nitrogens with zero attached hydrogens (tertiary/aromatic N) is 1. The van der Waals surface area contributed by atoms with Crippen molar-refractivity contribution >= 4 is 10.9 Å². The molecule has 0 spiro atoms. The van der Waals surface area contributed by atoms with Gasteiger partial charge in [0.15, 0.2) is 0 Å². The maximum absolute atomic E-state index is 4.60. The third-order valence-electron chi connectivity index (χ3n) is 2.62. The van der Waals surface area contributed by atoms with Gasteiger partial charge in [0.1, 0.15) is 0 Å². The fourth-order valence-corrected chi connectivity index (χ4v) is 1.77. The van der Waals surface area contributed by atoms with Gasteiger partial charge in [-0.05, 0) is 30.5 Å². The average molecular weight is 185 g/mol. The predicted molar refractivity (Wildman–Crippen MR) is 60.5 cm³/mol. The predicted octanol–water partition coefficient (Wildman–Crippen LogP) is 3.36. The van der Waals surface area contributed by atoms with Crippen molar-refractivity contribution < 1.29 is 0 Å². The third kappa shape index (κ3) is 1.50. The molecular weight excluding hydrogens is 170 g/mol. The highest BCUT2D eigenvalue weighted by Crippen LogP contribution is 2.18. The van der Waals surface area contributed by atoms with Crippen LogP contribution in [0.25, 0.3) is 10.9 Å². The molecule has 0 amide bonds. The molecule has 72 valence electrons. The highest BCUT2D eigenvalue weighted by atomic mass is 14.7. The fraction of sp³-hybridized carbons (Fsp3) is 0.308. The van der Waals surface area contributed by atoms with Crippen LogP contribution < -0.4 is 0 Å². The number of fused-ring (bicyclic) bond motifs is 1. The first-order chi connectivity index (χ1) is 6.85. The van der Waals surface area contributed by atoms with Crippen molar-refractivity contribution in [1.29, 1.82) is 0 Å². The average Bonchev–Trinajstić information content (AvgIpc) is 2.27. The first-order valence-corrected chi connectivity index (χ1v) is 5.22. The lowest BCUT2D eigenvalue weighted by molar-refractivity contribution is 1.05. The minimum Gasteiger partial charge on any atom is -0.253 e. The van der Waals surface area contributed by atoms with Gasteiger partial charge in [-0.1, -0.05) is 32.0 Å². The van der Waals surface area contributed by atoms with Crippen molar-refractivity contribution in [2.24, 2.45) is 0 Å². The summed E-state index contributed by atoms with van der Waals surface area (Å²) in [5, 5.41) is 1.30. The fourth-order valence-electron chi connectivity index (χ4n) is 1.77. The Kier molecular flexibility index (Phi) is 2.49. The van der Waals surface area contributed by atoms with E-state index in [-0.39, 0.29) is 0 Å². The van der Waals surface area contributed by atoms with Crippen LogP contribution in [0.5, 0.6) is 0 Å². The van der Waals surface area contributed by atoms with Gasteiger partial charge in [0.2, 0.25) is 0 Å². The second kappa shape index (κ2) is 3.79. The van der Waals surface area contributed by atoms with E-state index in [4.69, 9.17) is 0 Å². The number of pyridine rings is 1. The standard InChI is InChI=1S/C13H15N/c1-3-10-6-5-7-13-12(10)9-8-11(4-2)14-13/h5-9H,3-4H2,1-2H3. The van der Waals surface area contributed by atoms with Gasteiger partial charge in [-0.25, -0.2) is 0 Å². The molecule has 0 aliphatic rings. The molecule has 0 unspecified atom stereocenters. The molecule has 1 aromatic heterocycles. The molecule has 0 saturated heterocycles. The van der Waals surface area contributed by atoms with E-state index >= 15 is 0 Å². The van der Waals surface area contributed by atoms with E-state index < -0.39 is 0 Å². The van der Waals surface area contributed by atoms with Crippen molar-refractivity contribution in [2.45, 2.75) is 26.7 Å². The molecule has 0 fully saturated rings. The van der Waals surface area contributed by atoms with Crippen molar-refractivity contribution in [3.8, 4) is 0 Å². The van der Waals surface area contributed by atoms with Crippen LogP contribution in [0.4, 0.5) is 0 Å². The smallest absolute Gasteiger partial charge is 0.0708 e. The molecule has 0 aliphatic heterocycles. The molecule has 0 saturated carbocycles. The monoisotopic (exact) mass is 185 g/mol. The summed E-state index contributed by atoms with van der Waals surface area (Å²) in [4.78, 5) is 4.60. The summed E-state index contributed by atoms with van der Waals surface area (Å²) in [5.41, 5.74) is 3.69. The van der Waals surface area contributed by atoms with Crippen molar-refractivity contribution in [3.05, 3.63) is 41.6 Å². The Morgan fingerprint density at radius 1 is 1.00 bits per heavy atom.